The summed E-state index contributed by atoms with van der Waals surface area (Å²) in [5.41, 5.74) is -1.41. The van der Waals surface area contributed by atoms with Gasteiger partial charge in [-0.15, -0.1) is 0 Å². The summed E-state index contributed by atoms with van der Waals surface area (Å²) in [6, 6.07) is 0. The lowest BCUT2D eigenvalue weighted by molar-refractivity contribution is -0.126. The number of oxazole rings is 1. The van der Waals surface area contributed by atoms with Crippen LogP contribution in [0.25, 0.3) is 0 Å². The summed E-state index contributed by atoms with van der Waals surface area (Å²) in [5, 5.41) is 0. The van der Waals surface area contributed by atoms with Crippen LogP contribution in [0.2, 0.25) is 0 Å². The van der Waals surface area contributed by atoms with Crippen LogP contribution in [0.5, 0.6) is 0 Å². The second-order valence-corrected chi connectivity index (χ2v) is 5.83. The van der Waals surface area contributed by atoms with Crippen LogP contribution in [0.15, 0.2) is 21.7 Å². The van der Waals surface area contributed by atoms with Crippen molar-refractivity contribution in [2.75, 3.05) is 0 Å². The first-order valence-corrected chi connectivity index (χ1v) is 6.15. The third-order valence-corrected chi connectivity index (χ3v) is 5.06. The summed E-state index contributed by atoms with van der Waals surface area (Å²) in [6.45, 7) is 3.91. The summed E-state index contributed by atoms with van der Waals surface area (Å²) in [6.07, 6.45) is 4.34. The Morgan fingerprint density at radius 3 is 2.61 bits per heavy atom. The minimum atomic E-state index is -1.04. The molecule has 0 amide bonds. The highest BCUT2D eigenvalue weighted by Crippen LogP contribution is 2.64. The molecule has 0 aliphatic heterocycles. The van der Waals surface area contributed by atoms with Crippen LogP contribution in [-0.4, -0.2) is 16.3 Å². The van der Waals surface area contributed by atoms with Gasteiger partial charge in [0.15, 0.2) is 0 Å². The Hall–Kier alpha value is -1.65. The van der Waals surface area contributed by atoms with Gasteiger partial charge in [0.2, 0.25) is 5.91 Å². The van der Waals surface area contributed by atoms with Gasteiger partial charge in [-0.2, -0.15) is 0 Å². The third-order valence-electron chi connectivity index (χ3n) is 5.06. The van der Waals surface area contributed by atoms with Gasteiger partial charge in [0.05, 0.1) is 6.20 Å². The van der Waals surface area contributed by atoms with Crippen molar-refractivity contribution in [1.29, 1.82) is 0 Å². The van der Waals surface area contributed by atoms with E-state index in [2.05, 4.69) is 4.42 Å². The van der Waals surface area contributed by atoms with Crippen molar-refractivity contribution in [2.24, 2.45) is 16.7 Å². The second-order valence-electron chi connectivity index (χ2n) is 5.83. The van der Waals surface area contributed by atoms with Crippen LogP contribution in [0.1, 0.15) is 37.9 Å². The van der Waals surface area contributed by atoms with Crippen molar-refractivity contribution in [3.8, 4) is 0 Å². The number of fused-ring (bicyclic) bond motifs is 2. The van der Waals surface area contributed by atoms with Gasteiger partial charge in [-0.25, -0.2) is 9.36 Å². The van der Waals surface area contributed by atoms with E-state index in [1.165, 1.54) is 12.5 Å². The summed E-state index contributed by atoms with van der Waals surface area (Å²) >= 11 is 0. The van der Waals surface area contributed by atoms with Gasteiger partial charge in [0.1, 0.15) is 17.5 Å². The minimum Gasteiger partial charge on any atom is -0.416 e. The van der Waals surface area contributed by atoms with E-state index in [1.54, 1.807) is 0 Å². The van der Waals surface area contributed by atoms with Gasteiger partial charge >= 0.3 is 5.76 Å². The summed E-state index contributed by atoms with van der Waals surface area (Å²) in [5.74, 6) is -0.914. The number of hydrogen-bond acceptors (Lipinski definition) is 4. The Balaban J connectivity index is 2.16. The molecule has 2 saturated carbocycles. The summed E-state index contributed by atoms with van der Waals surface area (Å²) in [7, 11) is 0. The standard InChI is InChI=1S/C13H15NO4/c1-12(2)8-3-4-13(12,9(15)7-8)10(16)14-5-6-18-11(14)17/h5-6,8H,3-4,7H2,1-2H3/t8-,13+/m1/s1. The molecule has 2 fully saturated rings. The average molecular weight is 249 g/mol. The Kier molecular flexibility index (Phi) is 2.04. The first-order chi connectivity index (χ1) is 8.41. The molecular formula is C13H15NO4. The Morgan fingerprint density at radius 1 is 1.44 bits per heavy atom. The quantitative estimate of drug-likeness (QED) is 0.707. The highest BCUT2D eigenvalue weighted by molar-refractivity contribution is 6.10. The van der Waals surface area contributed by atoms with Gasteiger partial charge in [0, 0.05) is 6.42 Å². The predicted octanol–water partition coefficient (Wildman–Crippen LogP) is 1.48. The Labute approximate surface area is 104 Å². The van der Waals surface area contributed by atoms with E-state index in [-0.39, 0.29) is 17.1 Å². The van der Waals surface area contributed by atoms with Crippen molar-refractivity contribution in [3.63, 3.8) is 0 Å². The number of nitrogens with zero attached hydrogens (tertiary/aromatic N) is 1. The molecule has 5 nitrogen and oxygen atoms in total. The molecule has 0 radical (unpaired) electrons. The Bertz CT molecular complexity index is 594. The zero-order valence-electron chi connectivity index (χ0n) is 10.4. The summed E-state index contributed by atoms with van der Waals surface area (Å²) in [4.78, 5) is 36.3. The molecule has 2 aliphatic rings. The number of carbonyl (C=O) groups excluding carboxylic acids is 2. The maximum absolute atomic E-state index is 12.6. The topological polar surface area (TPSA) is 69.3 Å². The van der Waals surface area contributed by atoms with E-state index in [0.717, 1.165) is 11.0 Å². The molecule has 1 aromatic heterocycles. The molecule has 0 N–H and O–H groups in total. The molecule has 1 aromatic rings. The molecule has 96 valence electrons. The van der Waals surface area contributed by atoms with E-state index in [0.29, 0.717) is 12.8 Å². The van der Waals surface area contributed by atoms with E-state index < -0.39 is 17.1 Å². The molecule has 0 unspecified atom stereocenters. The number of Topliss-reactive ketones (excluding diaryl/α,β-unsaturated/α-hetero) is 1. The average Bonchev–Trinajstić information content (AvgIpc) is 2.88. The lowest BCUT2D eigenvalue weighted by Crippen LogP contribution is -2.48. The lowest BCUT2D eigenvalue weighted by atomic mass is 9.68. The van der Waals surface area contributed by atoms with E-state index in [4.69, 9.17) is 0 Å². The van der Waals surface area contributed by atoms with Crippen molar-refractivity contribution in [1.82, 2.24) is 4.57 Å². The zero-order valence-corrected chi connectivity index (χ0v) is 10.4. The van der Waals surface area contributed by atoms with Crippen molar-refractivity contribution in [3.05, 3.63) is 23.0 Å². The maximum Gasteiger partial charge on any atom is 0.425 e. The third kappa shape index (κ3) is 1.05. The number of ketones is 1. The molecule has 18 heavy (non-hydrogen) atoms. The molecule has 3 rings (SSSR count). The van der Waals surface area contributed by atoms with E-state index in [9.17, 15) is 14.4 Å². The molecule has 0 aromatic carbocycles. The van der Waals surface area contributed by atoms with Crippen LogP contribution < -0.4 is 5.76 Å². The molecule has 2 aliphatic carbocycles. The van der Waals surface area contributed by atoms with Crippen LogP contribution >= 0.6 is 0 Å². The SMILES string of the molecule is CC1(C)[C@@H]2CC[C@@]1(C(=O)n1ccoc1=O)C(=O)C2. The molecule has 5 heteroatoms. The van der Waals surface area contributed by atoms with Crippen LogP contribution in [0.3, 0.4) is 0 Å². The molecule has 1 heterocycles. The molecule has 2 bridgehead atoms. The van der Waals surface area contributed by atoms with Crippen molar-refractivity contribution in [2.45, 2.75) is 33.1 Å². The van der Waals surface area contributed by atoms with Crippen molar-refractivity contribution >= 4 is 11.7 Å². The predicted molar refractivity (Wildman–Crippen MR) is 62.2 cm³/mol. The highest BCUT2D eigenvalue weighted by atomic mass is 16.4. The maximum atomic E-state index is 12.6. The van der Waals surface area contributed by atoms with Gasteiger partial charge in [0.25, 0.3) is 0 Å². The number of aromatic nitrogens is 1. The van der Waals surface area contributed by atoms with Gasteiger partial charge in [-0.1, -0.05) is 13.8 Å². The van der Waals surface area contributed by atoms with Crippen molar-refractivity contribution < 1.29 is 14.0 Å². The van der Waals surface area contributed by atoms with Gasteiger partial charge in [-0.3, -0.25) is 9.59 Å². The van der Waals surface area contributed by atoms with E-state index >= 15 is 0 Å². The smallest absolute Gasteiger partial charge is 0.416 e. The number of rotatable bonds is 1. The Morgan fingerprint density at radius 2 is 2.17 bits per heavy atom. The first kappa shape index (κ1) is 11.4. The van der Waals surface area contributed by atoms with Crippen LogP contribution in [-0.2, 0) is 4.79 Å². The fraction of sp³-hybridized carbons (Fsp3) is 0.615. The van der Waals surface area contributed by atoms with Crippen LogP contribution in [0, 0.1) is 16.7 Å². The molecule has 2 atom stereocenters. The second kappa shape index (κ2) is 3.22. The fourth-order valence-electron chi connectivity index (χ4n) is 3.80. The monoisotopic (exact) mass is 249 g/mol. The van der Waals surface area contributed by atoms with Gasteiger partial charge in [-0.05, 0) is 24.2 Å². The largest absolute Gasteiger partial charge is 0.425 e. The lowest BCUT2D eigenvalue weighted by Gasteiger charge is -2.34. The molecule has 0 spiro atoms. The first-order valence-electron chi connectivity index (χ1n) is 6.15. The van der Waals surface area contributed by atoms with Crippen LogP contribution in [0.4, 0.5) is 0 Å². The molecule has 0 saturated heterocycles. The van der Waals surface area contributed by atoms with Gasteiger partial charge < -0.3 is 4.42 Å². The van der Waals surface area contributed by atoms with E-state index in [1.807, 2.05) is 13.8 Å². The number of carbonyl (C=O) groups is 2. The highest BCUT2D eigenvalue weighted by Gasteiger charge is 2.68. The fourth-order valence-corrected chi connectivity index (χ4v) is 3.80. The summed E-state index contributed by atoms with van der Waals surface area (Å²) < 4.78 is 5.56. The molecular weight excluding hydrogens is 234 g/mol. The number of hydrogen-bond donors (Lipinski definition) is 0. The normalized spacial score (nSPS) is 33.0. The zero-order chi connectivity index (χ0) is 13.1. The minimum absolute atomic E-state index is 0.0261.